The van der Waals surface area contributed by atoms with E-state index in [2.05, 4.69) is 29.7 Å². The van der Waals surface area contributed by atoms with Gasteiger partial charge in [0.05, 0.1) is 5.92 Å². The Balaban J connectivity index is 0.689. The van der Waals surface area contributed by atoms with Gasteiger partial charge in [0.1, 0.15) is 11.2 Å². The molecule has 2 heterocycles. The van der Waals surface area contributed by atoms with Gasteiger partial charge >= 0.3 is 0 Å². The molecule has 3 N–H and O–H groups in total. The van der Waals surface area contributed by atoms with E-state index in [4.69, 9.17) is 4.74 Å². The summed E-state index contributed by atoms with van der Waals surface area (Å²) in [6.07, 6.45) is 18.5. The molecule has 5 fully saturated rings. The first-order valence-electron chi connectivity index (χ1n) is 27.4. The summed E-state index contributed by atoms with van der Waals surface area (Å²) in [5.41, 5.74) is 4.97. The zero-order chi connectivity index (χ0) is 51.7. The normalized spacial score (nSPS) is 27.6. The Bertz CT molecular complexity index is 2750. The average Bonchev–Trinajstić information content (AvgIpc) is 4.33. The Morgan fingerprint density at radius 2 is 1.38 bits per heavy atom. The number of aliphatic hydroxyl groups is 1. The zero-order valence-electron chi connectivity index (χ0n) is 43.4. The van der Waals surface area contributed by atoms with Crippen molar-refractivity contribution in [3.8, 4) is 11.1 Å². The number of Topliss-reactive ketones (excluding diaryl/α,β-unsaturated/α-hetero) is 1. The third-order valence-electron chi connectivity index (χ3n) is 17.7. The van der Waals surface area contributed by atoms with Crippen molar-refractivity contribution in [2.45, 2.75) is 109 Å². The van der Waals surface area contributed by atoms with Gasteiger partial charge in [-0.3, -0.25) is 28.8 Å². The van der Waals surface area contributed by atoms with Crippen molar-refractivity contribution in [2.75, 3.05) is 57.0 Å². The summed E-state index contributed by atoms with van der Waals surface area (Å²) in [5.74, 6) is -0.132. The number of hydrogen-bond acceptors (Lipinski definition) is 8. The largest absolute Gasteiger partial charge is 0.380 e. The van der Waals surface area contributed by atoms with Crippen LogP contribution in [0.2, 0.25) is 0 Å². The van der Waals surface area contributed by atoms with Gasteiger partial charge in [-0.2, -0.15) is 0 Å². The highest BCUT2D eigenvalue weighted by Gasteiger charge is 2.63. The SMILES string of the molecule is COC1(C(=O)CC2=CCN(C(=O)c3ccc(-c4cccc(NC(=O)C5CCCCC5)c4)cc3)CCC2C)CC1C1CCC(C(=O)Nc2cccc(C3=CC(C)C(C(=O)N4CCN(C(=O)C5(O)CC5)CC4)C=C3)c2)C1. The van der Waals surface area contributed by atoms with Crippen molar-refractivity contribution < 1.29 is 38.6 Å². The number of piperazine rings is 1. The predicted molar refractivity (Wildman–Crippen MR) is 285 cm³/mol. The molecule has 2 aliphatic heterocycles. The lowest BCUT2D eigenvalue weighted by Crippen LogP contribution is -2.54. The van der Waals surface area contributed by atoms with Crippen LogP contribution in [0.4, 0.5) is 11.4 Å². The highest BCUT2D eigenvalue weighted by Crippen LogP contribution is 2.57. The fraction of sp³-hybridized carbons (Fsp3) is 0.508. The van der Waals surface area contributed by atoms with Crippen LogP contribution < -0.4 is 10.6 Å². The molecule has 74 heavy (non-hydrogen) atoms. The van der Waals surface area contributed by atoms with Gasteiger partial charge in [-0.05, 0) is 134 Å². The first kappa shape index (κ1) is 51.3. The highest BCUT2D eigenvalue weighted by atomic mass is 16.5. The van der Waals surface area contributed by atoms with Crippen LogP contribution >= 0.6 is 0 Å². The molecule has 1 saturated heterocycles. The molecule has 13 nitrogen and oxygen atoms in total. The van der Waals surface area contributed by atoms with Gasteiger partial charge in [-0.15, -0.1) is 0 Å². The summed E-state index contributed by atoms with van der Waals surface area (Å²) in [4.78, 5) is 86.3. The molecule has 4 saturated carbocycles. The summed E-state index contributed by atoms with van der Waals surface area (Å²) >= 11 is 0. The molecule has 0 radical (unpaired) electrons. The topological polar surface area (TPSA) is 166 Å². The number of hydrogen-bond donors (Lipinski definition) is 3. The van der Waals surface area contributed by atoms with E-state index in [1.54, 1.807) is 12.0 Å². The zero-order valence-corrected chi connectivity index (χ0v) is 43.4. The second-order valence-electron chi connectivity index (χ2n) is 22.6. The Morgan fingerprint density at radius 3 is 2.05 bits per heavy atom. The number of rotatable bonds is 14. The van der Waals surface area contributed by atoms with Crippen molar-refractivity contribution in [1.29, 1.82) is 0 Å². The third kappa shape index (κ3) is 11.0. The smallest absolute Gasteiger partial charge is 0.254 e. The highest BCUT2D eigenvalue weighted by molar-refractivity contribution is 5.97. The molecule has 10 rings (SSSR count). The first-order chi connectivity index (χ1) is 35.7. The monoisotopic (exact) mass is 1000 g/mol. The summed E-state index contributed by atoms with van der Waals surface area (Å²) in [7, 11) is 1.64. The molecule has 5 aliphatic carbocycles. The van der Waals surface area contributed by atoms with E-state index in [1.807, 2.05) is 102 Å². The number of benzene rings is 3. The summed E-state index contributed by atoms with van der Waals surface area (Å²) in [6, 6.07) is 23.3. The van der Waals surface area contributed by atoms with Crippen LogP contribution in [0.1, 0.15) is 113 Å². The maximum absolute atomic E-state index is 14.2. The number of carbonyl (C=O) groups is 6. The van der Waals surface area contributed by atoms with Crippen LogP contribution in [0, 0.1) is 41.4 Å². The first-order valence-corrected chi connectivity index (χ1v) is 27.4. The van der Waals surface area contributed by atoms with E-state index in [9.17, 15) is 33.9 Å². The number of methoxy groups -OCH3 is 1. The molecule has 3 aromatic rings. The summed E-state index contributed by atoms with van der Waals surface area (Å²) in [5, 5.41) is 16.6. The van der Waals surface area contributed by atoms with E-state index in [0.29, 0.717) is 76.2 Å². The lowest BCUT2D eigenvalue weighted by atomic mass is 9.84. The van der Waals surface area contributed by atoms with Crippen molar-refractivity contribution in [1.82, 2.24) is 14.7 Å². The fourth-order valence-electron chi connectivity index (χ4n) is 12.6. The number of nitrogens with one attached hydrogen (secondary N) is 2. The lowest BCUT2D eigenvalue weighted by molar-refractivity contribution is -0.148. The van der Waals surface area contributed by atoms with Crippen molar-refractivity contribution in [3.63, 3.8) is 0 Å². The van der Waals surface area contributed by atoms with Gasteiger partial charge in [0.15, 0.2) is 5.78 Å². The average molecular weight is 1000 g/mol. The second-order valence-corrected chi connectivity index (χ2v) is 22.6. The number of anilines is 2. The number of ketones is 1. The Labute approximate surface area is 435 Å². The maximum Gasteiger partial charge on any atom is 0.254 e. The molecule has 3 aromatic carbocycles. The molecular formula is C61H73N5O8. The van der Waals surface area contributed by atoms with Crippen molar-refractivity contribution in [2.24, 2.45) is 41.4 Å². The molecule has 5 amide bonds. The number of carbonyl (C=O) groups excluding carboxylic acids is 6. The van der Waals surface area contributed by atoms with E-state index in [0.717, 1.165) is 78.5 Å². The van der Waals surface area contributed by atoms with Crippen LogP contribution in [0.5, 0.6) is 0 Å². The standard InChI is InChI=1S/C61H73N5O8/c1-39-23-27-64(57(70)43-17-15-41(16-18-43)45-11-7-13-50(35-45)62-55(68)42-9-5-4-6-10-42)28-24-44(39)37-54(67)61(74-3)38-53(61)48-19-20-49(34-48)56(69)63-51-14-8-12-46(36-51)47-21-22-52(40(2)33-47)58(71)65-29-31-66(32-30-65)59(72)60(73)25-26-60/h7-8,11-18,21-22,24,33,35-36,39-40,42,48-49,52-53,73H,4-6,9-10,19-20,23,25-32,34,37-38H2,1-3H3,(H,62,68)(H,63,69). The van der Waals surface area contributed by atoms with Crippen LogP contribution in [-0.4, -0.2) is 113 Å². The molecule has 0 bridgehead atoms. The Hall–Kier alpha value is -6.18. The van der Waals surface area contributed by atoms with Crippen LogP contribution in [-0.2, 0) is 28.7 Å². The molecule has 7 aliphatic rings. The van der Waals surface area contributed by atoms with Crippen molar-refractivity contribution >= 4 is 52.3 Å². The minimum Gasteiger partial charge on any atom is -0.380 e. The van der Waals surface area contributed by atoms with Gasteiger partial charge in [0.25, 0.3) is 11.8 Å². The van der Waals surface area contributed by atoms with Crippen LogP contribution in [0.15, 0.2) is 103 Å². The Kier molecular flexibility index (Phi) is 15.0. The lowest BCUT2D eigenvalue weighted by Gasteiger charge is -2.38. The van der Waals surface area contributed by atoms with Gasteiger partial charge in [0.2, 0.25) is 17.7 Å². The van der Waals surface area contributed by atoms with Gasteiger partial charge in [-0.1, -0.05) is 99.4 Å². The van der Waals surface area contributed by atoms with E-state index >= 15 is 0 Å². The minimum absolute atomic E-state index is 0.0197. The fourth-order valence-corrected chi connectivity index (χ4v) is 12.6. The molecule has 7 unspecified atom stereocenters. The van der Waals surface area contributed by atoms with Crippen LogP contribution in [0.3, 0.4) is 0 Å². The quantitative estimate of drug-likeness (QED) is 0.135. The minimum atomic E-state index is -1.19. The second kappa shape index (κ2) is 21.6. The van der Waals surface area contributed by atoms with Crippen LogP contribution in [0.25, 0.3) is 16.7 Å². The molecular weight excluding hydrogens is 931 g/mol. The molecule has 0 aromatic heterocycles. The molecule has 0 spiro atoms. The number of allylic oxidation sites excluding steroid dienone is 4. The summed E-state index contributed by atoms with van der Waals surface area (Å²) < 4.78 is 6.08. The van der Waals surface area contributed by atoms with E-state index in [-0.39, 0.29) is 83.2 Å². The van der Waals surface area contributed by atoms with Gasteiger partial charge in [-0.25, -0.2) is 0 Å². The molecule has 7 atom stereocenters. The third-order valence-corrected chi connectivity index (χ3v) is 17.7. The molecule has 390 valence electrons. The van der Waals surface area contributed by atoms with E-state index < -0.39 is 11.2 Å². The maximum atomic E-state index is 14.2. The predicted octanol–water partition coefficient (Wildman–Crippen LogP) is 9.10. The molecule has 13 heteroatoms. The van der Waals surface area contributed by atoms with Crippen molar-refractivity contribution in [3.05, 3.63) is 114 Å². The number of nitrogens with zero attached hydrogens (tertiary/aromatic N) is 3. The van der Waals surface area contributed by atoms with Gasteiger partial charge in [0, 0.05) is 87.5 Å². The Morgan fingerprint density at radius 1 is 0.716 bits per heavy atom. The number of amides is 5. The van der Waals surface area contributed by atoms with E-state index in [1.165, 1.54) is 6.42 Å². The number of ether oxygens (including phenoxy) is 1. The van der Waals surface area contributed by atoms with Gasteiger partial charge < -0.3 is 35.2 Å². The summed E-state index contributed by atoms with van der Waals surface area (Å²) in [6.45, 7) is 6.95.